The van der Waals surface area contributed by atoms with Gasteiger partial charge in [-0.2, -0.15) is 0 Å². The summed E-state index contributed by atoms with van der Waals surface area (Å²) in [5, 5.41) is 22.1. The number of likely N-dealkylation sites (N-methyl/N-ethyl adjacent to an activating group) is 1. The second kappa shape index (κ2) is 6.67. The van der Waals surface area contributed by atoms with Gasteiger partial charge in [0.05, 0.1) is 12.7 Å². The number of amides is 1. The molecule has 0 bridgehead atoms. The summed E-state index contributed by atoms with van der Waals surface area (Å²) in [7, 11) is 3.95. The SMILES string of the molecule is CN(C)CCn1cc(C(=O)Nc2cccc3ccc(O)cc23)nn1. The molecule has 0 unspecified atom stereocenters. The molecule has 0 saturated carbocycles. The molecule has 1 heterocycles. The summed E-state index contributed by atoms with van der Waals surface area (Å²) in [6.07, 6.45) is 1.63. The zero-order valence-electron chi connectivity index (χ0n) is 13.6. The lowest BCUT2D eigenvalue weighted by atomic mass is 10.1. The lowest BCUT2D eigenvalue weighted by molar-refractivity contribution is 0.102. The monoisotopic (exact) mass is 325 g/mol. The third-order valence-electron chi connectivity index (χ3n) is 3.66. The Hall–Kier alpha value is -2.93. The molecule has 3 aromatic rings. The molecule has 2 aromatic carbocycles. The summed E-state index contributed by atoms with van der Waals surface area (Å²) < 4.78 is 1.64. The maximum absolute atomic E-state index is 12.4. The Morgan fingerprint density at radius 1 is 1.29 bits per heavy atom. The molecule has 0 aliphatic heterocycles. The first-order chi connectivity index (χ1) is 11.5. The summed E-state index contributed by atoms with van der Waals surface area (Å²) in [6.45, 7) is 1.47. The number of benzene rings is 2. The molecule has 0 aliphatic carbocycles. The molecular formula is C17H19N5O2. The minimum absolute atomic E-state index is 0.152. The summed E-state index contributed by atoms with van der Waals surface area (Å²) in [5.41, 5.74) is 0.877. The number of aromatic nitrogens is 3. The Morgan fingerprint density at radius 2 is 2.12 bits per heavy atom. The molecule has 124 valence electrons. The van der Waals surface area contributed by atoms with Crippen LogP contribution >= 0.6 is 0 Å². The quantitative estimate of drug-likeness (QED) is 0.749. The summed E-state index contributed by atoms with van der Waals surface area (Å²) in [4.78, 5) is 14.4. The van der Waals surface area contributed by atoms with Crippen LogP contribution in [0.3, 0.4) is 0 Å². The smallest absolute Gasteiger partial charge is 0.277 e. The van der Waals surface area contributed by atoms with Crippen LogP contribution in [0.1, 0.15) is 10.5 Å². The van der Waals surface area contributed by atoms with Gasteiger partial charge in [-0.15, -0.1) is 5.10 Å². The van der Waals surface area contributed by atoms with E-state index >= 15 is 0 Å². The number of rotatable bonds is 5. The van der Waals surface area contributed by atoms with E-state index < -0.39 is 0 Å². The van der Waals surface area contributed by atoms with Crippen molar-refractivity contribution in [1.82, 2.24) is 19.9 Å². The largest absolute Gasteiger partial charge is 0.508 e. The average molecular weight is 325 g/mol. The van der Waals surface area contributed by atoms with Crippen LogP contribution in [0.4, 0.5) is 5.69 Å². The van der Waals surface area contributed by atoms with Crippen LogP contribution in [0.25, 0.3) is 10.8 Å². The summed E-state index contributed by atoms with van der Waals surface area (Å²) in [6, 6.07) is 10.6. The highest BCUT2D eigenvalue weighted by atomic mass is 16.3. The highest BCUT2D eigenvalue weighted by Gasteiger charge is 2.13. The predicted molar refractivity (Wildman–Crippen MR) is 92.1 cm³/mol. The minimum Gasteiger partial charge on any atom is -0.508 e. The van der Waals surface area contributed by atoms with Gasteiger partial charge >= 0.3 is 0 Å². The van der Waals surface area contributed by atoms with Crippen molar-refractivity contribution in [2.75, 3.05) is 26.0 Å². The molecule has 7 nitrogen and oxygen atoms in total. The second-order valence-electron chi connectivity index (χ2n) is 5.84. The normalized spacial score (nSPS) is 11.1. The number of hydrogen-bond donors (Lipinski definition) is 2. The number of carbonyl (C=O) groups excluding carboxylic acids is 1. The van der Waals surface area contributed by atoms with Crippen molar-refractivity contribution in [2.24, 2.45) is 0 Å². The molecular weight excluding hydrogens is 306 g/mol. The molecule has 3 rings (SSSR count). The van der Waals surface area contributed by atoms with Crippen molar-refractivity contribution >= 4 is 22.4 Å². The van der Waals surface area contributed by atoms with Crippen molar-refractivity contribution in [3.8, 4) is 5.75 Å². The van der Waals surface area contributed by atoms with E-state index in [-0.39, 0.29) is 17.4 Å². The third kappa shape index (κ3) is 3.52. The molecule has 2 N–H and O–H groups in total. The van der Waals surface area contributed by atoms with Gasteiger partial charge in [-0.3, -0.25) is 9.48 Å². The van der Waals surface area contributed by atoms with Gasteiger partial charge in [-0.1, -0.05) is 23.4 Å². The lowest BCUT2D eigenvalue weighted by Gasteiger charge is -2.08. The Labute approximate surface area is 139 Å². The zero-order chi connectivity index (χ0) is 17.1. The maximum atomic E-state index is 12.4. The maximum Gasteiger partial charge on any atom is 0.277 e. The summed E-state index contributed by atoms with van der Waals surface area (Å²) in [5.74, 6) is -0.180. The van der Waals surface area contributed by atoms with Crippen LogP contribution in [0, 0.1) is 0 Å². The van der Waals surface area contributed by atoms with E-state index in [4.69, 9.17) is 0 Å². The predicted octanol–water partition coefficient (Wildman–Crippen LogP) is 1.95. The van der Waals surface area contributed by atoms with Crippen molar-refractivity contribution < 1.29 is 9.90 Å². The van der Waals surface area contributed by atoms with E-state index in [2.05, 4.69) is 15.6 Å². The van der Waals surface area contributed by atoms with E-state index in [1.807, 2.05) is 31.1 Å². The molecule has 0 saturated heterocycles. The molecule has 0 atom stereocenters. The Kier molecular flexibility index (Phi) is 4.43. The lowest BCUT2D eigenvalue weighted by Crippen LogP contribution is -2.18. The third-order valence-corrected chi connectivity index (χ3v) is 3.66. The zero-order valence-corrected chi connectivity index (χ0v) is 13.6. The van der Waals surface area contributed by atoms with Crippen LogP contribution in [-0.4, -0.2) is 51.5 Å². The van der Waals surface area contributed by atoms with Gasteiger partial charge in [-0.05, 0) is 37.7 Å². The highest BCUT2D eigenvalue weighted by Crippen LogP contribution is 2.27. The summed E-state index contributed by atoms with van der Waals surface area (Å²) >= 11 is 0. The van der Waals surface area contributed by atoms with Gasteiger partial charge in [0.15, 0.2) is 5.69 Å². The average Bonchev–Trinajstić information content (AvgIpc) is 3.02. The molecule has 24 heavy (non-hydrogen) atoms. The number of phenols is 1. The van der Waals surface area contributed by atoms with Crippen molar-refractivity contribution in [1.29, 1.82) is 0 Å². The van der Waals surface area contributed by atoms with E-state index in [0.29, 0.717) is 12.2 Å². The van der Waals surface area contributed by atoms with Gasteiger partial charge in [0, 0.05) is 17.6 Å². The van der Waals surface area contributed by atoms with E-state index in [9.17, 15) is 9.90 Å². The molecule has 0 fully saturated rings. The number of nitrogens with one attached hydrogen (secondary N) is 1. The van der Waals surface area contributed by atoms with Gasteiger partial charge in [0.2, 0.25) is 0 Å². The number of nitrogens with zero attached hydrogens (tertiary/aromatic N) is 4. The minimum atomic E-state index is -0.332. The van der Waals surface area contributed by atoms with E-state index in [1.54, 1.807) is 35.1 Å². The van der Waals surface area contributed by atoms with Gasteiger partial charge < -0.3 is 15.3 Å². The molecule has 1 amide bonds. The molecule has 0 aliphatic rings. The van der Waals surface area contributed by atoms with Gasteiger partial charge in [0.25, 0.3) is 5.91 Å². The van der Waals surface area contributed by atoms with Crippen LogP contribution in [0.5, 0.6) is 5.75 Å². The van der Waals surface area contributed by atoms with Gasteiger partial charge in [0.1, 0.15) is 5.75 Å². The first kappa shape index (κ1) is 15.9. The number of phenolic OH excluding ortho intramolecular Hbond substituents is 1. The van der Waals surface area contributed by atoms with E-state index in [0.717, 1.165) is 17.3 Å². The highest BCUT2D eigenvalue weighted by molar-refractivity contribution is 6.08. The molecule has 0 spiro atoms. The first-order valence-corrected chi connectivity index (χ1v) is 7.61. The number of fused-ring (bicyclic) bond motifs is 1. The fourth-order valence-electron chi connectivity index (χ4n) is 2.37. The molecule has 7 heteroatoms. The number of anilines is 1. The Bertz CT molecular complexity index is 872. The standard InChI is InChI=1S/C17H19N5O2/c1-21(2)8-9-22-11-16(19-20-22)17(24)18-15-5-3-4-12-6-7-13(23)10-14(12)15/h3-7,10-11,23H,8-9H2,1-2H3,(H,18,24). The van der Waals surface area contributed by atoms with Crippen molar-refractivity contribution in [3.63, 3.8) is 0 Å². The number of hydrogen-bond acceptors (Lipinski definition) is 5. The molecule has 0 radical (unpaired) electrons. The number of carbonyl (C=O) groups is 1. The fraction of sp³-hybridized carbons (Fsp3) is 0.235. The fourth-order valence-corrected chi connectivity index (χ4v) is 2.37. The van der Waals surface area contributed by atoms with Crippen molar-refractivity contribution in [3.05, 3.63) is 48.3 Å². The van der Waals surface area contributed by atoms with Crippen molar-refractivity contribution in [2.45, 2.75) is 6.54 Å². The van der Waals surface area contributed by atoms with Crippen LogP contribution in [0.2, 0.25) is 0 Å². The van der Waals surface area contributed by atoms with Crippen LogP contribution in [-0.2, 0) is 6.54 Å². The first-order valence-electron chi connectivity index (χ1n) is 7.61. The Balaban J connectivity index is 1.79. The Morgan fingerprint density at radius 3 is 2.92 bits per heavy atom. The van der Waals surface area contributed by atoms with Crippen LogP contribution in [0.15, 0.2) is 42.6 Å². The van der Waals surface area contributed by atoms with Crippen LogP contribution < -0.4 is 5.32 Å². The van der Waals surface area contributed by atoms with E-state index in [1.165, 1.54) is 0 Å². The van der Waals surface area contributed by atoms with Gasteiger partial charge in [-0.25, -0.2) is 0 Å². The molecule has 1 aromatic heterocycles. The number of aromatic hydroxyl groups is 1. The topological polar surface area (TPSA) is 83.3 Å². The second-order valence-corrected chi connectivity index (χ2v) is 5.84.